The molecule has 2 rings (SSSR count). The third-order valence-electron chi connectivity index (χ3n) is 3.76. The molecule has 11 heteroatoms. The number of anilines is 1. The molecule has 1 unspecified atom stereocenters. The van der Waals surface area contributed by atoms with Gasteiger partial charge in [-0.1, -0.05) is 12.1 Å². The molecule has 2 aromatic rings. The summed E-state index contributed by atoms with van der Waals surface area (Å²) in [6.45, 7) is 0. The van der Waals surface area contributed by atoms with E-state index in [0.29, 0.717) is 5.56 Å². The second-order valence-corrected chi connectivity index (χ2v) is 5.50. The lowest BCUT2D eigenvalue weighted by Crippen LogP contribution is -2.15. The first-order chi connectivity index (χ1) is 13.3. The van der Waals surface area contributed by atoms with E-state index in [4.69, 9.17) is 4.74 Å². The fourth-order valence-corrected chi connectivity index (χ4v) is 2.36. The highest BCUT2D eigenvalue weighted by Gasteiger charge is 2.21. The average Bonchev–Trinajstić information content (AvgIpc) is 2.68. The van der Waals surface area contributed by atoms with Gasteiger partial charge in [0.25, 0.3) is 5.69 Å². The van der Waals surface area contributed by atoms with E-state index < -0.39 is 38.9 Å². The summed E-state index contributed by atoms with van der Waals surface area (Å²) < 4.78 is 17.8. The first-order valence-electron chi connectivity index (χ1n) is 7.87. The number of esters is 1. The van der Waals surface area contributed by atoms with Crippen LogP contribution in [0.4, 0.5) is 21.5 Å². The van der Waals surface area contributed by atoms with Crippen LogP contribution in [0.1, 0.15) is 17.9 Å². The number of carbonyl (C=O) groups excluding carboxylic acids is 1. The molecule has 0 radical (unpaired) electrons. The Morgan fingerprint density at radius 3 is 2.46 bits per heavy atom. The fourth-order valence-electron chi connectivity index (χ4n) is 2.36. The maximum Gasteiger partial charge on any atom is 0.313 e. The third-order valence-corrected chi connectivity index (χ3v) is 3.76. The van der Waals surface area contributed by atoms with Crippen molar-refractivity contribution < 1.29 is 23.8 Å². The lowest BCUT2D eigenvalue weighted by Gasteiger charge is -2.12. The number of hydrogen-bond donors (Lipinski definition) is 1. The quantitative estimate of drug-likeness (QED) is 0.316. The number of nitrogens with zero attached hydrogens (tertiary/aromatic N) is 3. The van der Waals surface area contributed by atoms with E-state index in [1.807, 2.05) is 0 Å². The molecule has 0 amide bonds. The number of ether oxygens (including phenoxy) is 1. The van der Waals surface area contributed by atoms with Crippen molar-refractivity contribution in [2.24, 2.45) is 5.10 Å². The molecular formula is C17H15FN4O6. The Balaban J connectivity index is 2.14. The predicted molar refractivity (Wildman–Crippen MR) is 97.6 cm³/mol. The van der Waals surface area contributed by atoms with Crippen LogP contribution < -0.4 is 5.43 Å². The Hall–Kier alpha value is -3.89. The van der Waals surface area contributed by atoms with Crippen LogP contribution in [-0.4, -0.2) is 29.1 Å². The van der Waals surface area contributed by atoms with Crippen LogP contribution >= 0.6 is 0 Å². The predicted octanol–water partition coefficient (Wildman–Crippen LogP) is 3.39. The molecule has 0 saturated carbocycles. The van der Waals surface area contributed by atoms with Crippen LogP contribution in [0.2, 0.25) is 0 Å². The molecule has 0 saturated heterocycles. The highest BCUT2D eigenvalue weighted by Crippen LogP contribution is 2.29. The maximum atomic E-state index is 13.1. The van der Waals surface area contributed by atoms with E-state index in [2.05, 4.69) is 10.5 Å². The van der Waals surface area contributed by atoms with Gasteiger partial charge < -0.3 is 4.74 Å². The third kappa shape index (κ3) is 5.06. The molecule has 2 aromatic carbocycles. The smallest absolute Gasteiger partial charge is 0.313 e. The molecule has 0 aromatic heterocycles. The normalized spacial score (nSPS) is 11.8. The average molecular weight is 390 g/mol. The minimum Gasteiger partial charge on any atom is -0.469 e. The van der Waals surface area contributed by atoms with Crippen LogP contribution in [0.3, 0.4) is 0 Å². The summed E-state index contributed by atoms with van der Waals surface area (Å²) >= 11 is 0. The zero-order valence-electron chi connectivity index (χ0n) is 14.6. The number of hydrogen-bond acceptors (Lipinski definition) is 8. The molecule has 1 atom stereocenters. The van der Waals surface area contributed by atoms with Crippen molar-refractivity contribution >= 4 is 29.2 Å². The number of methoxy groups -OCH3 is 1. The van der Waals surface area contributed by atoms with Gasteiger partial charge in [0.2, 0.25) is 0 Å². The Labute approximate surface area is 157 Å². The van der Waals surface area contributed by atoms with E-state index >= 15 is 0 Å². The van der Waals surface area contributed by atoms with Crippen molar-refractivity contribution in [3.05, 3.63) is 74.1 Å². The van der Waals surface area contributed by atoms with Gasteiger partial charge in [0, 0.05) is 18.7 Å². The Morgan fingerprint density at radius 2 is 1.89 bits per heavy atom. The van der Waals surface area contributed by atoms with Gasteiger partial charge in [0.05, 0.1) is 28.9 Å². The first kappa shape index (κ1) is 20.4. The van der Waals surface area contributed by atoms with E-state index in [1.54, 1.807) is 0 Å². The first-order valence-corrected chi connectivity index (χ1v) is 7.87. The van der Waals surface area contributed by atoms with Gasteiger partial charge in [0.15, 0.2) is 0 Å². The van der Waals surface area contributed by atoms with Crippen LogP contribution in [0.15, 0.2) is 47.6 Å². The zero-order chi connectivity index (χ0) is 20.7. The Morgan fingerprint density at radius 1 is 1.21 bits per heavy atom. The van der Waals surface area contributed by atoms with E-state index in [-0.39, 0.29) is 12.1 Å². The van der Waals surface area contributed by atoms with Gasteiger partial charge >= 0.3 is 11.7 Å². The summed E-state index contributed by atoms with van der Waals surface area (Å²) in [5.74, 6) is -1.75. The highest BCUT2D eigenvalue weighted by molar-refractivity contribution is 5.82. The van der Waals surface area contributed by atoms with Crippen molar-refractivity contribution in [1.82, 2.24) is 0 Å². The Kier molecular flexibility index (Phi) is 6.68. The lowest BCUT2D eigenvalue weighted by molar-refractivity contribution is -0.393. The molecule has 0 fully saturated rings. The molecule has 146 valence electrons. The summed E-state index contributed by atoms with van der Waals surface area (Å²) in [7, 11) is 1.22. The number of nitrogens with one attached hydrogen (secondary N) is 1. The summed E-state index contributed by atoms with van der Waals surface area (Å²) in [5.41, 5.74) is 1.94. The second kappa shape index (κ2) is 9.16. The largest absolute Gasteiger partial charge is 0.469 e. The van der Waals surface area contributed by atoms with Gasteiger partial charge in [-0.3, -0.25) is 30.4 Å². The summed E-state index contributed by atoms with van der Waals surface area (Å²) in [6, 6.07) is 8.38. The van der Waals surface area contributed by atoms with Crippen molar-refractivity contribution in [3.63, 3.8) is 0 Å². The summed E-state index contributed by atoms with van der Waals surface area (Å²) in [4.78, 5) is 32.2. The number of carbonyl (C=O) groups is 1. The van der Waals surface area contributed by atoms with Crippen molar-refractivity contribution in [2.75, 3.05) is 12.5 Å². The SMILES string of the molecule is COC(=O)C(C/C=N/Nc1ccc([N+](=O)[O-])cc1[N+](=O)[O-])c1ccc(F)cc1. The number of nitro benzene ring substituents is 2. The summed E-state index contributed by atoms with van der Waals surface area (Å²) in [6.07, 6.45) is 1.38. The molecule has 0 bridgehead atoms. The van der Waals surface area contributed by atoms with Crippen LogP contribution in [0.5, 0.6) is 0 Å². The van der Waals surface area contributed by atoms with Gasteiger partial charge in [-0.2, -0.15) is 5.10 Å². The molecule has 28 heavy (non-hydrogen) atoms. The van der Waals surface area contributed by atoms with Gasteiger partial charge in [-0.15, -0.1) is 0 Å². The van der Waals surface area contributed by atoms with Crippen molar-refractivity contribution in [1.29, 1.82) is 0 Å². The van der Waals surface area contributed by atoms with Gasteiger partial charge in [-0.25, -0.2) is 4.39 Å². The van der Waals surface area contributed by atoms with Crippen LogP contribution in [0, 0.1) is 26.0 Å². The topological polar surface area (TPSA) is 137 Å². The fraction of sp³-hybridized carbons (Fsp3) is 0.176. The van der Waals surface area contributed by atoms with Gasteiger partial charge in [0.1, 0.15) is 11.5 Å². The molecule has 10 nitrogen and oxygen atoms in total. The minimum absolute atomic E-state index is 0.0525. The molecular weight excluding hydrogens is 375 g/mol. The number of non-ortho nitro benzene ring substituents is 1. The van der Waals surface area contributed by atoms with Crippen LogP contribution in [-0.2, 0) is 9.53 Å². The maximum absolute atomic E-state index is 13.1. The molecule has 0 heterocycles. The molecule has 0 aliphatic carbocycles. The Bertz CT molecular complexity index is 916. The number of nitro groups is 2. The second-order valence-electron chi connectivity index (χ2n) is 5.50. The molecule has 0 aliphatic rings. The van der Waals surface area contributed by atoms with Crippen molar-refractivity contribution in [3.8, 4) is 0 Å². The molecule has 0 aliphatic heterocycles. The van der Waals surface area contributed by atoms with E-state index in [1.165, 1.54) is 37.6 Å². The highest BCUT2D eigenvalue weighted by atomic mass is 19.1. The van der Waals surface area contributed by atoms with Crippen LogP contribution in [0.25, 0.3) is 0 Å². The number of rotatable bonds is 8. The minimum atomic E-state index is -0.777. The van der Waals surface area contributed by atoms with E-state index in [9.17, 15) is 29.4 Å². The molecule has 1 N–H and O–H groups in total. The lowest BCUT2D eigenvalue weighted by atomic mass is 9.96. The van der Waals surface area contributed by atoms with Gasteiger partial charge in [-0.05, 0) is 23.8 Å². The number of hydrazone groups is 1. The summed E-state index contributed by atoms with van der Waals surface area (Å²) in [5, 5.41) is 25.6. The number of benzene rings is 2. The monoisotopic (exact) mass is 390 g/mol. The van der Waals surface area contributed by atoms with Crippen molar-refractivity contribution in [2.45, 2.75) is 12.3 Å². The zero-order valence-corrected chi connectivity index (χ0v) is 14.6. The standard InChI is InChI=1S/C17H15FN4O6/c1-28-17(23)14(11-2-4-12(18)5-3-11)8-9-19-20-15-7-6-13(21(24)25)10-16(15)22(26)27/h2-7,9-10,14,20H,8H2,1H3/b19-9+. The number of halogens is 1. The molecule has 0 spiro atoms. The van der Waals surface area contributed by atoms with E-state index in [0.717, 1.165) is 18.2 Å².